The molecule has 2 rings (SSSR count). The van der Waals surface area contributed by atoms with Gasteiger partial charge in [0.25, 0.3) is 0 Å². The molecule has 2 heterocycles. The molecule has 0 bridgehead atoms. The topological polar surface area (TPSA) is 98.2 Å². The number of nitrogens with zero attached hydrogens (tertiary/aromatic N) is 1. The summed E-state index contributed by atoms with van der Waals surface area (Å²) in [7, 11) is 0. The summed E-state index contributed by atoms with van der Waals surface area (Å²) in [4.78, 5) is 29.4. The maximum Gasteiger partial charge on any atom is 0.242 e. The van der Waals surface area contributed by atoms with Crippen LogP contribution in [-0.4, -0.2) is 22.3 Å². The fraction of sp³-hybridized carbons (Fsp3) is 0.471. The summed E-state index contributed by atoms with van der Waals surface area (Å²) in [5.41, 5.74) is 4.97. The number of nitrogens with one attached hydrogen (secondary N) is 1. The van der Waals surface area contributed by atoms with Crippen molar-refractivity contribution in [3.63, 3.8) is 0 Å². The Bertz CT molecular complexity index is 722. The number of hydrogen-bond donors (Lipinski definition) is 2. The standard InChI is InChI=1S/C17H23N3O3S/c1-10(2)9-17(4,16(18)22)20-14(21)8-12-11(3)23-15(19-12)13-6-5-7-24-13/h5-7,10H,8-9H2,1-4H3,(H2,18,22)(H,20,21)/t17-/m1/s1. The first-order valence-corrected chi connectivity index (χ1v) is 8.70. The highest BCUT2D eigenvalue weighted by molar-refractivity contribution is 7.13. The molecule has 0 aliphatic rings. The third kappa shape index (κ3) is 4.23. The molecular formula is C17H23N3O3S. The number of rotatable bonds is 7. The van der Waals surface area contributed by atoms with Gasteiger partial charge in [-0.1, -0.05) is 19.9 Å². The van der Waals surface area contributed by atoms with E-state index in [1.54, 1.807) is 13.8 Å². The van der Waals surface area contributed by atoms with Crippen molar-refractivity contribution in [2.24, 2.45) is 11.7 Å². The lowest BCUT2D eigenvalue weighted by Gasteiger charge is -2.29. The Hall–Kier alpha value is -2.15. The lowest BCUT2D eigenvalue weighted by Crippen LogP contribution is -2.56. The van der Waals surface area contributed by atoms with Gasteiger partial charge in [0.1, 0.15) is 11.3 Å². The Balaban J connectivity index is 2.10. The minimum Gasteiger partial charge on any atom is -0.440 e. The van der Waals surface area contributed by atoms with Crippen LogP contribution in [0.4, 0.5) is 0 Å². The van der Waals surface area contributed by atoms with E-state index in [1.807, 2.05) is 31.4 Å². The van der Waals surface area contributed by atoms with E-state index in [9.17, 15) is 9.59 Å². The highest BCUT2D eigenvalue weighted by Crippen LogP contribution is 2.26. The third-order valence-electron chi connectivity index (χ3n) is 3.73. The lowest BCUT2D eigenvalue weighted by molar-refractivity contribution is -0.131. The van der Waals surface area contributed by atoms with E-state index in [4.69, 9.17) is 10.2 Å². The summed E-state index contributed by atoms with van der Waals surface area (Å²) in [6.07, 6.45) is 0.522. The Morgan fingerprint density at radius 1 is 1.46 bits per heavy atom. The molecule has 7 heteroatoms. The Morgan fingerprint density at radius 3 is 2.71 bits per heavy atom. The molecule has 24 heavy (non-hydrogen) atoms. The Labute approximate surface area is 145 Å². The number of carbonyl (C=O) groups excluding carboxylic acids is 2. The first-order valence-electron chi connectivity index (χ1n) is 7.82. The molecule has 2 aromatic rings. The van der Waals surface area contributed by atoms with Crippen molar-refractivity contribution in [1.29, 1.82) is 0 Å². The van der Waals surface area contributed by atoms with Gasteiger partial charge in [-0.15, -0.1) is 11.3 Å². The zero-order valence-corrected chi connectivity index (χ0v) is 15.2. The largest absolute Gasteiger partial charge is 0.440 e. The zero-order chi connectivity index (χ0) is 17.9. The quantitative estimate of drug-likeness (QED) is 0.803. The van der Waals surface area contributed by atoms with E-state index < -0.39 is 11.4 Å². The van der Waals surface area contributed by atoms with Crippen LogP contribution in [0.2, 0.25) is 0 Å². The van der Waals surface area contributed by atoms with Gasteiger partial charge in [-0.3, -0.25) is 9.59 Å². The summed E-state index contributed by atoms with van der Waals surface area (Å²) in [5.74, 6) is 0.483. The lowest BCUT2D eigenvalue weighted by atomic mass is 9.90. The molecule has 0 spiro atoms. The summed E-state index contributed by atoms with van der Waals surface area (Å²) in [6.45, 7) is 7.37. The predicted octanol–water partition coefficient (Wildman–Crippen LogP) is 2.66. The van der Waals surface area contributed by atoms with Crippen molar-refractivity contribution in [2.75, 3.05) is 0 Å². The fourth-order valence-electron chi connectivity index (χ4n) is 2.63. The zero-order valence-electron chi connectivity index (χ0n) is 14.4. The van der Waals surface area contributed by atoms with Crippen molar-refractivity contribution in [1.82, 2.24) is 10.3 Å². The number of aryl methyl sites for hydroxylation is 1. The number of carbonyl (C=O) groups is 2. The van der Waals surface area contributed by atoms with Gasteiger partial charge in [-0.05, 0) is 37.6 Å². The number of oxazole rings is 1. The summed E-state index contributed by atoms with van der Waals surface area (Å²) in [5, 5.41) is 4.69. The van der Waals surface area contributed by atoms with Crippen LogP contribution in [-0.2, 0) is 16.0 Å². The number of hydrogen-bond acceptors (Lipinski definition) is 5. The van der Waals surface area contributed by atoms with Crippen LogP contribution in [0, 0.1) is 12.8 Å². The molecule has 3 N–H and O–H groups in total. The van der Waals surface area contributed by atoms with E-state index in [1.165, 1.54) is 11.3 Å². The van der Waals surface area contributed by atoms with Gasteiger partial charge in [-0.25, -0.2) is 4.98 Å². The molecular weight excluding hydrogens is 326 g/mol. The molecule has 0 saturated heterocycles. The number of amides is 2. The van der Waals surface area contributed by atoms with Gasteiger partial charge in [0, 0.05) is 0 Å². The number of aromatic nitrogens is 1. The molecule has 1 atom stereocenters. The van der Waals surface area contributed by atoms with E-state index >= 15 is 0 Å². The van der Waals surface area contributed by atoms with Crippen LogP contribution < -0.4 is 11.1 Å². The third-order valence-corrected chi connectivity index (χ3v) is 4.59. The predicted molar refractivity (Wildman–Crippen MR) is 93.5 cm³/mol. The molecule has 130 valence electrons. The van der Waals surface area contributed by atoms with Crippen LogP contribution in [0.25, 0.3) is 10.8 Å². The van der Waals surface area contributed by atoms with Crippen LogP contribution in [0.3, 0.4) is 0 Å². The minimum atomic E-state index is -1.07. The maximum absolute atomic E-state index is 12.4. The molecule has 0 unspecified atom stereocenters. The number of primary amides is 1. The van der Waals surface area contributed by atoms with E-state index in [-0.39, 0.29) is 18.2 Å². The first-order chi connectivity index (χ1) is 11.2. The van der Waals surface area contributed by atoms with E-state index in [0.717, 1.165) is 4.88 Å². The molecule has 0 aromatic carbocycles. The summed E-state index contributed by atoms with van der Waals surface area (Å²) >= 11 is 1.52. The van der Waals surface area contributed by atoms with Gasteiger partial charge in [0.2, 0.25) is 17.7 Å². The Morgan fingerprint density at radius 2 is 2.17 bits per heavy atom. The van der Waals surface area contributed by atoms with Gasteiger partial charge in [-0.2, -0.15) is 0 Å². The summed E-state index contributed by atoms with van der Waals surface area (Å²) < 4.78 is 5.63. The maximum atomic E-state index is 12.4. The normalized spacial score (nSPS) is 13.7. The van der Waals surface area contributed by atoms with Crippen LogP contribution in [0.5, 0.6) is 0 Å². The van der Waals surface area contributed by atoms with Crippen molar-refractivity contribution in [3.05, 3.63) is 29.0 Å². The average molecular weight is 349 g/mol. The van der Waals surface area contributed by atoms with Crippen molar-refractivity contribution >= 4 is 23.2 Å². The fourth-order valence-corrected chi connectivity index (χ4v) is 3.28. The highest BCUT2D eigenvalue weighted by Gasteiger charge is 2.33. The monoisotopic (exact) mass is 349 g/mol. The van der Waals surface area contributed by atoms with Crippen LogP contribution >= 0.6 is 11.3 Å². The molecule has 0 fully saturated rings. The van der Waals surface area contributed by atoms with Gasteiger partial charge in [0.05, 0.1) is 17.0 Å². The van der Waals surface area contributed by atoms with Gasteiger partial charge in [0.15, 0.2) is 0 Å². The molecule has 2 aromatic heterocycles. The molecule has 0 aliphatic heterocycles. The van der Waals surface area contributed by atoms with Crippen molar-refractivity contribution in [2.45, 2.75) is 46.1 Å². The molecule has 0 aliphatic carbocycles. The minimum absolute atomic E-state index is 0.0433. The Kier molecular flexibility index (Phi) is 5.43. The molecule has 6 nitrogen and oxygen atoms in total. The second-order valence-corrected chi connectivity index (χ2v) is 7.47. The second kappa shape index (κ2) is 7.17. The van der Waals surface area contributed by atoms with Gasteiger partial charge >= 0.3 is 0 Å². The first kappa shape index (κ1) is 18.2. The second-order valence-electron chi connectivity index (χ2n) is 6.52. The summed E-state index contributed by atoms with van der Waals surface area (Å²) in [6, 6.07) is 3.82. The van der Waals surface area contributed by atoms with Crippen molar-refractivity contribution < 1.29 is 14.0 Å². The number of thiophene rings is 1. The SMILES string of the molecule is Cc1oc(-c2cccs2)nc1CC(=O)N[C@](C)(CC(C)C)C(N)=O. The average Bonchev–Trinajstić information content (AvgIpc) is 3.08. The van der Waals surface area contributed by atoms with Crippen molar-refractivity contribution in [3.8, 4) is 10.8 Å². The van der Waals surface area contributed by atoms with E-state index in [0.29, 0.717) is 23.8 Å². The van der Waals surface area contributed by atoms with Gasteiger partial charge < -0.3 is 15.5 Å². The van der Waals surface area contributed by atoms with Crippen LogP contribution in [0.1, 0.15) is 38.6 Å². The highest BCUT2D eigenvalue weighted by atomic mass is 32.1. The molecule has 0 saturated carbocycles. The smallest absolute Gasteiger partial charge is 0.242 e. The van der Waals surface area contributed by atoms with Crippen LogP contribution in [0.15, 0.2) is 21.9 Å². The molecule has 0 radical (unpaired) electrons. The number of nitrogens with two attached hydrogens (primary N) is 1. The molecule has 2 amide bonds. The van der Waals surface area contributed by atoms with E-state index in [2.05, 4.69) is 10.3 Å².